The van der Waals surface area contributed by atoms with Crippen molar-refractivity contribution in [3.05, 3.63) is 17.9 Å². The van der Waals surface area contributed by atoms with Gasteiger partial charge in [0.1, 0.15) is 0 Å². The van der Waals surface area contributed by atoms with Crippen molar-refractivity contribution in [1.82, 2.24) is 4.72 Å². The minimum Gasteiger partial charge on any atom is -0.492 e. The fraction of sp³-hybridized carbons (Fsp3) is 0.455. The summed E-state index contributed by atoms with van der Waals surface area (Å²) in [4.78, 5) is -0.310. The molecule has 1 unspecified atom stereocenters. The van der Waals surface area contributed by atoms with Crippen LogP contribution in [-0.2, 0) is 10.0 Å². The zero-order valence-electron chi connectivity index (χ0n) is 10.7. The Morgan fingerprint density at radius 2 is 2.16 bits per heavy atom. The average molecular weight is 292 g/mol. The van der Waals surface area contributed by atoms with Crippen molar-refractivity contribution < 1.29 is 22.7 Å². The normalized spacial score (nSPS) is 13.3. The minimum absolute atomic E-state index is 0.111. The van der Waals surface area contributed by atoms with Gasteiger partial charge in [-0.1, -0.05) is 6.92 Å². The Labute approximate surface area is 111 Å². The number of ether oxygens (including phenoxy) is 1. The Bertz CT molecular complexity index is 521. The van der Waals surface area contributed by atoms with E-state index in [-0.39, 0.29) is 22.9 Å². The van der Waals surface area contributed by atoms with Crippen LogP contribution in [0.4, 0.5) is 10.1 Å². The van der Waals surface area contributed by atoms with E-state index in [1.165, 1.54) is 7.11 Å². The van der Waals surface area contributed by atoms with E-state index in [0.29, 0.717) is 6.42 Å². The fourth-order valence-electron chi connectivity index (χ4n) is 1.50. The van der Waals surface area contributed by atoms with E-state index >= 15 is 0 Å². The first-order valence-electron chi connectivity index (χ1n) is 5.61. The summed E-state index contributed by atoms with van der Waals surface area (Å²) in [5.74, 6) is -1.06. The van der Waals surface area contributed by atoms with Crippen LogP contribution >= 0.6 is 0 Å². The largest absolute Gasteiger partial charge is 0.492 e. The van der Waals surface area contributed by atoms with Crippen LogP contribution < -0.4 is 15.2 Å². The lowest BCUT2D eigenvalue weighted by molar-refractivity contribution is 0.254. The zero-order chi connectivity index (χ0) is 14.6. The summed E-state index contributed by atoms with van der Waals surface area (Å²) in [6, 6.07) is 1.30. The highest BCUT2D eigenvalue weighted by Crippen LogP contribution is 2.28. The van der Waals surface area contributed by atoms with Crippen molar-refractivity contribution in [3.63, 3.8) is 0 Å². The van der Waals surface area contributed by atoms with E-state index in [1.807, 2.05) is 0 Å². The second-order valence-electron chi connectivity index (χ2n) is 3.94. The molecule has 0 aromatic heterocycles. The smallest absolute Gasteiger partial charge is 0.241 e. The second-order valence-corrected chi connectivity index (χ2v) is 5.65. The van der Waals surface area contributed by atoms with Gasteiger partial charge in [-0.05, 0) is 18.6 Å². The van der Waals surface area contributed by atoms with Crippen LogP contribution in [0.25, 0.3) is 0 Å². The molecule has 0 amide bonds. The number of aliphatic hydroxyl groups is 1. The maximum absolute atomic E-state index is 13.6. The van der Waals surface area contributed by atoms with Gasteiger partial charge in [-0.25, -0.2) is 17.5 Å². The molecule has 1 atom stereocenters. The van der Waals surface area contributed by atoms with Crippen LogP contribution in [0, 0.1) is 5.82 Å². The number of methoxy groups -OCH3 is 1. The number of hydrogen-bond acceptors (Lipinski definition) is 5. The molecule has 0 heterocycles. The average Bonchev–Trinajstić information content (AvgIpc) is 2.35. The topological polar surface area (TPSA) is 102 Å². The van der Waals surface area contributed by atoms with Gasteiger partial charge in [0.05, 0.1) is 24.3 Å². The molecule has 1 aromatic rings. The van der Waals surface area contributed by atoms with Gasteiger partial charge in [0, 0.05) is 6.04 Å². The third-order valence-electron chi connectivity index (χ3n) is 2.60. The fourth-order valence-corrected chi connectivity index (χ4v) is 2.85. The minimum atomic E-state index is -3.94. The number of hydrogen-bond donors (Lipinski definition) is 3. The summed E-state index contributed by atoms with van der Waals surface area (Å²) < 4.78 is 44.5. The molecule has 0 radical (unpaired) electrons. The van der Waals surface area contributed by atoms with Crippen molar-refractivity contribution in [2.75, 3.05) is 19.5 Å². The predicted molar refractivity (Wildman–Crippen MR) is 68.9 cm³/mol. The lowest BCUT2D eigenvalue weighted by atomic mass is 10.3. The first-order valence-corrected chi connectivity index (χ1v) is 7.10. The quantitative estimate of drug-likeness (QED) is 0.661. The summed E-state index contributed by atoms with van der Waals surface area (Å²) in [6.45, 7) is 1.37. The number of nitrogen functional groups attached to an aromatic ring is 1. The van der Waals surface area contributed by atoms with Gasteiger partial charge >= 0.3 is 0 Å². The number of sulfonamides is 1. The lowest BCUT2D eigenvalue weighted by Crippen LogP contribution is -2.37. The lowest BCUT2D eigenvalue weighted by Gasteiger charge is -2.15. The van der Waals surface area contributed by atoms with E-state index in [9.17, 15) is 12.8 Å². The molecule has 0 fully saturated rings. The Morgan fingerprint density at radius 1 is 1.53 bits per heavy atom. The van der Waals surface area contributed by atoms with Crippen molar-refractivity contribution in [3.8, 4) is 5.75 Å². The monoisotopic (exact) mass is 292 g/mol. The molecule has 19 heavy (non-hydrogen) atoms. The van der Waals surface area contributed by atoms with Crippen LogP contribution in [-0.4, -0.2) is 33.3 Å². The summed E-state index contributed by atoms with van der Waals surface area (Å²) in [7, 11) is -2.70. The first-order chi connectivity index (χ1) is 8.85. The number of anilines is 1. The molecule has 0 aliphatic carbocycles. The molecule has 8 heteroatoms. The van der Waals surface area contributed by atoms with E-state index in [0.717, 1.165) is 12.1 Å². The molecule has 6 nitrogen and oxygen atoms in total. The van der Waals surface area contributed by atoms with Crippen molar-refractivity contribution in [2.24, 2.45) is 0 Å². The van der Waals surface area contributed by atoms with Gasteiger partial charge < -0.3 is 15.6 Å². The Kier molecular flexibility index (Phi) is 5.10. The maximum Gasteiger partial charge on any atom is 0.241 e. The van der Waals surface area contributed by atoms with Crippen LogP contribution in [0.1, 0.15) is 13.3 Å². The highest BCUT2D eigenvalue weighted by atomic mass is 32.2. The standard InChI is InChI=1S/C11H17FN2O4S/c1-3-7(6-15)14-19(16,17)8-4-9(12)11(18-2)10(13)5-8/h4-5,7,14-15H,3,6,13H2,1-2H3. The van der Waals surface area contributed by atoms with Gasteiger partial charge in [-0.3, -0.25) is 0 Å². The molecule has 108 valence electrons. The number of nitrogens with two attached hydrogens (primary N) is 1. The maximum atomic E-state index is 13.6. The Morgan fingerprint density at radius 3 is 2.58 bits per heavy atom. The molecule has 0 aliphatic heterocycles. The molecule has 1 rings (SSSR count). The SMILES string of the molecule is CCC(CO)NS(=O)(=O)c1cc(N)c(OC)c(F)c1. The Hall–Kier alpha value is -1.38. The summed E-state index contributed by atoms with van der Waals surface area (Å²) in [5.41, 5.74) is 5.41. The number of rotatable bonds is 6. The molecule has 1 aromatic carbocycles. The van der Waals surface area contributed by atoms with Gasteiger partial charge in [-0.2, -0.15) is 0 Å². The van der Waals surface area contributed by atoms with E-state index in [1.54, 1.807) is 6.92 Å². The summed E-state index contributed by atoms with van der Waals surface area (Å²) >= 11 is 0. The molecule has 4 N–H and O–H groups in total. The molecule has 0 saturated carbocycles. The third kappa shape index (κ3) is 3.55. The number of halogens is 1. The van der Waals surface area contributed by atoms with Gasteiger partial charge in [0.25, 0.3) is 0 Å². The summed E-state index contributed by atoms with van der Waals surface area (Å²) in [5, 5.41) is 8.98. The molecular formula is C11H17FN2O4S. The first kappa shape index (κ1) is 15.7. The van der Waals surface area contributed by atoms with Crippen LogP contribution in [0.15, 0.2) is 17.0 Å². The van der Waals surface area contributed by atoms with E-state index in [4.69, 9.17) is 15.6 Å². The summed E-state index contributed by atoms with van der Waals surface area (Å²) in [6.07, 6.45) is 0.407. The van der Waals surface area contributed by atoms with Crippen molar-refractivity contribution >= 4 is 15.7 Å². The third-order valence-corrected chi connectivity index (χ3v) is 4.10. The molecule has 0 spiro atoms. The van der Waals surface area contributed by atoms with Gasteiger partial charge in [0.15, 0.2) is 11.6 Å². The van der Waals surface area contributed by atoms with E-state index < -0.39 is 21.9 Å². The molecule has 0 bridgehead atoms. The number of nitrogens with one attached hydrogen (secondary N) is 1. The number of aliphatic hydroxyl groups excluding tert-OH is 1. The molecule has 0 saturated heterocycles. The second kappa shape index (κ2) is 6.18. The van der Waals surface area contributed by atoms with Gasteiger partial charge in [-0.15, -0.1) is 0 Å². The molecular weight excluding hydrogens is 275 g/mol. The number of benzene rings is 1. The zero-order valence-corrected chi connectivity index (χ0v) is 11.5. The van der Waals surface area contributed by atoms with Crippen LogP contribution in [0.3, 0.4) is 0 Å². The van der Waals surface area contributed by atoms with Crippen molar-refractivity contribution in [1.29, 1.82) is 0 Å². The van der Waals surface area contributed by atoms with E-state index in [2.05, 4.69) is 4.72 Å². The van der Waals surface area contributed by atoms with Crippen molar-refractivity contribution in [2.45, 2.75) is 24.3 Å². The highest BCUT2D eigenvalue weighted by molar-refractivity contribution is 7.89. The Balaban J connectivity index is 3.16. The van der Waals surface area contributed by atoms with Crippen LogP contribution in [0.2, 0.25) is 0 Å². The van der Waals surface area contributed by atoms with Gasteiger partial charge in [0.2, 0.25) is 10.0 Å². The predicted octanol–water partition coefficient (Wildman–Crippen LogP) is 0.466. The van der Waals surface area contributed by atoms with Crippen LogP contribution in [0.5, 0.6) is 5.75 Å². The highest BCUT2D eigenvalue weighted by Gasteiger charge is 2.21. The molecule has 0 aliphatic rings.